The predicted molar refractivity (Wildman–Crippen MR) is 45.4 cm³/mol. The third kappa shape index (κ3) is 3.19. The van der Waals surface area contributed by atoms with Crippen LogP contribution in [0.15, 0.2) is 0 Å². The number of carbonyl (C=O) groups excluding carboxylic acids is 1. The van der Waals surface area contributed by atoms with Gasteiger partial charge in [0.15, 0.2) is 0 Å². The van der Waals surface area contributed by atoms with E-state index in [9.17, 15) is 4.79 Å². The van der Waals surface area contributed by atoms with Gasteiger partial charge in [-0.15, -0.1) is 0 Å². The fraction of sp³-hybridized carbons (Fsp3) is 0.875. The first-order valence-electron chi connectivity index (χ1n) is 4.34. The molecule has 2 atom stereocenters. The van der Waals surface area contributed by atoms with Crippen LogP contribution in [0, 0.1) is 0 Å². The summed E-state index contributed by atoms with van der Waals surface area (Å²) in [5.41, 5.74) is 10.6. The van der Waals surface area contributed by atoms with E-state index in [-0.39, 0.29) is 18.1 Å². The number of rotatable bonds is 4. The molecule has 0 aliphatic heterocycles. The fourth-order valence-electron chi connectivity index (χ4n) is 1.45. The van der Waals surface area contributed by atoms with Crippen LogP contribution in [0.5, 0.6) is 0 Å². The Labute approximate surface area is 72.2 Å². The maximum absolute atomic E-state index is 10.4. The first-order chi connectivity index (χ1) is 5.68. The van der Waals surface area contributed by atoms with Gasteiger partial charge in [-0.3, -0.25) is 4.79 Å². The Morgan fingerprint density at radius 3 is 2.75 bits per heavy atom. The second-order valence-corrected chi connectivity index (χ2v) is 3.28. The Bertz CT molecular complexity index is 161. The van der Waals surface area contributed by atoms with Crippen LogP contribution < -0.4 is 11.5 Å². The molecule has 0 spiro atoms. The highest BCUT2D eigenvalue weighted by molar-refractivity contribution is 5.73. The smallest absolute Gasteiger partial charge is 0.219 e. The first-order valence-corrected chi connectivity index (χ1v) is 4.34. The van der Waals surface area contributed by atoms with E-state index < -0.39 is 0 Å². The molecule has 12 heavy (non-hydrogen) atoms. The molecule has 1 amide bonds. The number of carbonyl (C=O) groups is 1. The third-order valence-corrected chi connectivity index (χ3v) is 2.13. The standard InChI is InChI=1S/C8H16N2O2/c9-6-1-2-7(5-6)12-4-3-8(10)11/h6-7H,1-5,9H2,(H2,10,11). The number of primary amides is 1. The highest BCUT2D eigenvalue weighted by Gasteiger charge is 2.21. The molecule has 1 fully saturated rings. The highest BCUT2D eigenvalue weighted by atomic mass is 16.5. The molecule has 70 valence electrons. The van der Waals surface area contributed by atoms with Crippen LogP contribution in [-0.2, 0) is 9.53 Å². The second-order valence-electron chi connectivity index (χ2n) is 3.28. The average Bonchev–Trinajstić information content (AvgIpc) is 2.35. The van der Waals surface area contributed by atoms with Gasteiger partial charge in [0.05, 0.1) is 12.7 Å². The minimum Gasteiger partial charge on any atom is -0.378 e. The lowest BCUT2D eigenvalue weighted by Gasteiger charge is -2.09. The quantitative estimate of drug-likeness (QED) is 0.614. The Hall–Kier alpha value is -0.610. The van der Waals surface area contributed by atoms with Crippen molar-refractivity contribution in [2.75, 3.05) is 6.61 Å². The molecule has 0 aromatic heterocycles. The molecule has 0 heterocycles. The summed E-state index contributed by atoms with van der Waals surface area (Å²) in [5, 5.41) is 0. The lowest BCUT2D eigenvalue weighted by atomic mass is 10.3. The van der Waals surface area contributed by atoms with E-state index in [4.69, 9.17) is 16.2 Å². The Morgan fingerprint density at radius 1 is 1.50 bits per heavy atom. The third-order valence-electron chi connectivity index (χ3n) is 2.13. The summed E-state index contributed by atoms with van der Waals surface area (Å²) in [6, 6.07) is 0.281. The monoisotopic (exact) mass is 172 g/mol. The molecule has 4 nitrogen and oxygen atoms in total. The van der Waals surface area contributed by atoms with E-state index in [0.717, 1.165) is 19.3 Å². The van der Waals surface area contributed by atoms with Crippen molar-refractivity contribution in [1.82, 2.24) is 0 Å². The van der Waals surface area contributed by atoms with E-state index in [1.807, 2.05) is 0 Å². The normalized spacial score (nSPS) is 29.1. The topological polar surface area (TPSA) is 78.3 Å². The Balaban J connectivity index is 2.04. The summed E-state index contributed by atoms with van der Waals surface area (Å²) < 4.78 is 5.40. The zero-order valence-electron chi connectivity index (χ0n) is 7.16. The lowest BCUT2D eigenvalue weighted by Crippen LogP contribution is -2.19. The highest BCUT2D eigenvalue weighted by Crippen LogP contribution is 2.20. The molecule has 2 unspecified atom stereocenters. The van der Waals surface area contributed by atoms with Crippen LogP contribution in [0.25, 0.3) is 0 Å². The van der Waals surface area contributed by atoms with Crippen molar-refractivity contribution in [3.8, 4) is 0 Å². The van der Waals surface area contributed by atoms with Gasteiger partial charge < -0.3 is 16.2 Å². The maximum atomic E-state index is 10.4. The zero-order chi connectivity index (χ0) is 8.97. The van der Waals surface area contributed by atoms with Crippen molar-refractivity contribution in [2.24, 2.45) is 11.5 Å². The molecule has 1 aliphatic carbocycles. The molecule has 1 rings (SSSR count). The predicted octanol–water partition coefficient (Wildman–Crippen LogP) is -0.242. The molecule has 0 saturated heterocycles. The second kappa shape index (κ2) is 4.42. The van der Waals surface area contributed by atoms with Gasteiger partial charge in [0.25, 0.3) is 0 Å². The van der Waals surface area contributed by atoms with Gasteiger partial charge in [0.2, 0.25) is 5.91 Å². The summed E-state index contributed by atoms with van der Waals surface area (Å²) in [6.45, 7) is 0.437. The van der Waals surface area contributed by atoms with Crippen molar-refractivity contribution in [3.05, 3.63) is 0 Å². The van der Waals surface area contributed by atoms with Crippen molar-refractivity contribution < 1.29 is 9.53 Å². The van der Waals surface area contributed by atoms with Gasteiger partial charge >= 0.3 is 0 Å². The van der Waals surface area contributed by atoms with Gasteiger partial charge in [-0.05, 0) is 19.3 Å². The average molecular weight is 172 g/mol. The molecule has 0 radical (unpaired) electrons. The number of hydrogen-bond acceptors (Lipinski definition) is 3. The van der Waals surface area contributed by atoms with E-state index in [2.05, 4.69) is 0 Å². The summed E-state index contributed by atoms with van der Waals surface area (Å²) in [4.78, 5) is 10.4. The van der Waals surface area contributed by atoms with E-state index in [1.165, 1.54) is 0 Å². The molecule has 1 aliphatic rings. The van der Waals surface area contributed by atoms with Crippen LogP contribution >= 0.6 is 0 Å². The molecule has 4 N–H and O–H groups in total. The van der Waals surface area contributed by atoms with Gasteiger partial charge in [-0.2, -0.15) is 0 Å². The SMILES string of the molecule is NC(=O)CCOC1CCC(N)C1. The largest absolute Gasteiger partial charge is 0.378 e. The Kier molecular flexibility index (Phi) is 3.49. The number of ether oxygens (including phenoxy) is 1. The summed E-state index contributed by atoms with van der Waals surface area (Å²) in [6.07, 6.45) is 3.52. The maximum Gasteiger partial charge on any atom is 0.219 e. The molecule has 0 bridgehead atoms. The fourth-order valence-corrected chi connectivity index (χ4v) is 1.45. The van der Waals surface area contributed by atoms with Crippen LogP contribution in [0.2, 0.25) is 0 Å². The van der Waals surface area contributed by atoms with E-state index in [0.29, 0.717) is 13.0 Å². The molecular formula is C8H16N2O2. The number of nitrogens with two attached hydrogens (primary N) is 2. The van der Waals surface area contributed by atoms with Gasteiger partial charge in [-0.25, -0.2) is 0 Å². The summed E-state index contributed by atoms with van der Waals surface area (Å²) >= 11 is 0. The van der Waals surface area contributed by atoms with Gasteiger partial charge in [0.1, 0.15) is 0 Å². The molecular weight excluding hydrogens is 156 g/mol. The van der Waals surface area contributed by atoms with Crippen LogP contribution in [0.1, 0.15) is 25.7 Å². The van der Waals surface area contributed by atoms with Crippen LogP contribution in [0.3, 0.4) is 0 Å². The van der Waals surface area contributed by atoms with E-state index in [1.54, 1.807) is 0 Å². The van der Waals surface area contributed by atoms with Crippen molar-refractivity contribution in [2.45, 2.75) is 37.8 Å². The summed E-state index contributed by atoms with van der Waals surface area (Å²) in [5.74, 6) is -0.308. The van der Waals surface area contributed by atoms with Crippen molar-refractivity contribution in [1.29, 1.82) is 0 Å². The lowest BCUT2D eigenvalue weighted by molar-refractivity contribution is -0.119. The summed E-state index contributed by atoms with van der Waals surface area (Å²) in [7, 11) is 0. The number of hydrogen-bond donors (Lipinski definition) is 2. The van der Waals surface area contributed by atoms with Crippen molar-refractivity contribution >= 4 is 5.91 Å². The zero-order valence-corrected chi connectivity index (χ0v) is 7.16. The van der Waals surface area contributed by atoms with Crippen LogP contribution in [0.4, 0.5) is 0 Å². The molecule has 4 heteroatoms. The molecule has 0 aromatic rings. The minimum absolute atomic E-state index is 0.249. The van der Waals surface area contributed by atoms with Crippen molar-refractivity contribution in [3.63, 3.8) is 0 Å². The van der Waals surface area contributed by atoms with Gasteiger partial charge in [-0.1, -0.05) is 0 Å². The minimum atomic E-state index is -0.308. The number of amides is 1. The van der Waals surface area contributed by atoms with Gasteiger partial charge in [0, 0.05) is 12.5 Å². The first kappa shape index (κ1) is 9.48. The molecule has 1 saturated carbocycles. The van der Waals surface area contributed by atoms with E-state index >= 15 is 0 Å². The van der Waals surface area contributed by atoms with Crippen LogP contribution in [-0.4, -0.2) is 24.7 Å². The molecule has 0 aromatic carbocycles. The Morgan fingerprint density at radius 2 is 2.25 bits per heavy atom.